The summed E-state index contributed by atoms with van der Waals surface area (Å²) >= 11 is 0. The lowest BCUT2D eigenvalue weighted by molar-refractivity contribution is 0.126. The van der Waals surface area contributed by atoms with Crippen molar-refractivity contribution in [2.24, 2.45) is 28.6 Å². The number of rotatable bonds is 5. The van der Waals surface area contributed by atoms with Gasteiger partial charge in [0.1, 0.15) is 0 Å². The molecule has 0 heterocycles. The first kappa shape index (κ1) is 26.5. The molecule has 0 amide bonds. The summed E-state index contributed by atoms with van der Waals surface area (Å²) in [5.41, 5.74) is 7.39. The van der Waals surface area contributed by atoms with Crippen molar-refractivity contribution in [2.75, 3.05) is 0 Å². The first-order valence-corrected chi connectivity index (χ1v) is 13.7. The van der Waals surface area contributed by atoms with E-state index in [1.165, 1.54) is 88.2 Å². The molecule has 0 heteroatoms. The molecule has 3 aliphatic rings. The largest absolute Gasteiger partial charge is 0.0953 e. The van der Waals surface area contributed by atoms with Crippen molar-refractivity contribution in [3.8, 4) is 0 Å². The van der Waals surface area contributed by atoms with E-state index in [1.807, 2.05) is 13.8 Å². The highest BCUT2D eigenvalue weighted by Crippen LogP contribution is 2.59. The van der Waals surface area contributed by atoms with E-state index < -0.39 is 0 Å². The Morgan fingerprint density at radius 2 is 1.77 bits per heavy atom. The average molecular weight is 427 g/mol. The zero-order chi connectivity index (χ0) is 23.2. The molecule has 178 valence electrons. The minimum Gasteiger partial charge on any atom is -0.0953 e. The van der Waals surface area contributed by atoms with E-state index in [9.17, 15) is 0 Å². The van der Waals surface area contributed by atoms with E-state index in [2.05, 4.69) is 54.2 Å². The molecule has 3 saturated carbocycles. The Labute approximate surface area is 196 Å². The second-order valence-electron chi connectivity index (χ2n) is 12.2. The van der Waals surface area contributed by atoms with Gasteiger partial charge in [0.05, 0.1) is 0 Å². The third kappa shape index (κ3) is 6.61. The minimum absolute atomic E-state index is 0.495. The fourth-order valence-corrected chi connectivity index (χ4v) is 6.87. The van der Waals surface area contributed by atoms with Crippen LogP contribution in [0.15, 0.2) is 34.9 Å². The molecule has 0 aromatic carbocycles. The van der Waals surface area contributed by atoms with Crippen LogP contribution < -0.4 is 0 Å². The van der Waals surface area contributed by atoms with Gasteiger partial charge in [-0.1, -0.05) is 79.5 Å². The first-order chi connectivity index (χ1) is 14.6. The number of fused-ring (bicyclic) bond motifs is 1. The van der Waals surface area contributed by atoms with E-state index in [-0.39, 0.29) is 0 Å². The minimum atomic E-state index is 0.495. The molecule has 4 unspecified atom stereocenters. The van der Waals surface area contributed by atoms with Gasteiger partial charge >= 0.3 is 0 Å². The fraction of sp³-hybridized carbons (Fsp3) is 0.806. The second kappa shape index (κ2) is 11.4. The van der Waals surface area contributed by atoms with Gasteiger partial charge in [0.25, 0.3) is 0 Å². The highest BCUT2D eigenvalue weighted by molar-refractivity contribution is 5.42. The van der Waals surface area contributed by atoms with E-state index in [0.717, 1.165) is 11.8 Å². The maximum absolute atomic E-state index is 4.45. The lowest BCUT2D eigenvalue weighted by atomic mass is 9.62. The van der Waals surface area contributed by atoms with E-state index >= 15 is 0 Å². The standard InChI is InChI=1S/C29H48.C2H6/c1-21-12-10-15-26(23(21)3)22(2)20-24-13-11-19-29(7)25(16-17-27(24)29)14-8-9-18-28(4,5)6;1-2/h20-21,25,27H,3,8-19H2,1-2,4-7H3;1-2H3/b24-20+,26-22-;. The molecule has 0 radical (unpaired) electrons. The molecule has 3 aliphatic carbocycles. The summed E-state index contributed by atoms with van der Waals surface area (Å²) in [4.78, 5) is 0. The predicted octanol–water partition coefficient (Wildman–Crippen LogP) is 10.5. The molecule has 3 fully saturated rings. The van der Waals surface area contributed by atoms with E-state index in [0.29, 0.717) is 16.7 Å². The highest BCUT2D eigenvalue weighted by atomic mass is 14.5. The van der Waals surface area contributed by atoms with Crippen molar-refractivity contribution >= 4 is 0 Å². The van der Waals surface area contributed by atoms with Crippen molar-refractivity contribution in [2.45, 2.75) is 132 Å². The fourth-order valence-electron chi connectivity index (χ4n) is 6.87. The maximum Gasteiger partial charge on any atom is -0.0143 e. The molecule has 0 N–H and O–H groups in total. The molecule has 4 atom stereocenters. The molecule has 0 nitrogen and oxygen atoms in total. The Kier molecular flexibility index (Phi) is 9.72. The summed E-state index contributed by atoms with van der Waals surface area (Å²) in [6, 6.07) is 0. The van der Waals surface area contributed by atoms with Gasteiger partial charge in [0.15, 0.2) is 0 Å². The first-order valence-electron chi connectivity index (χ1n) is 13.7. The molecule has 3 rings (SSSR count). The lowest BCUT2D eigenvalue weighted by Gasteiger charge is -2.43. The van der Waals surface area contributed by atoms with Crippen molar-refractivity contribution < 1.29 is 0 Å². The van der Waals surface area contributed by atoms with E-state index in [4.69, 9.17) is 0 Å². The van der Waals surface area contributed by atoms with Crippen LogP contribution in [0.3, 0.4) is 0 Å². The van der Waals surface area contributed by atoms with Crippen LogP contribution in [0.5, 0.6) is 0 Å². The molecule has 0 aromatic rings. The SMILES string of the molecule is C=C1/C(=C(C)\C=C2/CCCC3(C)C(CCCCC(C)(C)C)CCC23)CCCC1C.CC. The molecule has 0 saturated heterocycles. The summed E-state index contributed by atoms with van der Waals surface area (Å²) < 4.78 is 0. The zero-order valence-corrected chi connectivity index (χ0v) is 22.5. The monoisotopic (exact) mass is 426 g/mol. The molecule has 0 bridgehead atoms. The molecule has 0 aromatic heterocycles. The van der Waals surface area contributed by atoms with Crippen molar-refractivity contribution in [1.29, 1.82) is 0 Å². The number of hydrogen-bond acceptors (Lipinski definition) is 0. The van der Waals surface area contributed by atoms with Gasteiger partial charge in [-0.15, -0.1) is 0 Å². The summed E-state index contributed by atoms with van der Waals surface area (Å²) in [6.45, 7) is 23.0. The van der Waals surface area contributed by atoms with Gasteiger partial charge < -0.3 is 0 Å². The smallest absolute Gasteiger partial charge is 0.0143 e. The lowest BCUT2D eigenvalue weighted by Crippen LogP contribution is -2.33. The normalized spacial score (nSPS) is 34.3. The topological polar surface area (TPSA) is 0 Å². The second-order valence-corrected chi connectivity index (χ2v) is 12.2. The van der Waals surface area contributed by atoms with Gasteiger partial charge in [-0.2, -0.15) is 0 Å². The third-order valence-corrected chi connectivity index (χ3v) is 8.81. The van der Waals surface area contributed by atoms with Crippen molar-refractivity contribution in [1.82, 2.24) is 0 Å². The Morgan fingerprint density at radius 3 is 2.45 bits per heavy atom. The van der Waals surface area contributed by atoms with E-state index in [1.54, 1.807) is 11.1 Å². The number of allylic oxidation sites excluding steroid dienone is 5. The van der Waals surface area contributed by atoms with Crippen LogP contribution in [0, 0.1) is 28.6 Å². The summed E-state index contributed by atoms with van der Waals surface area (Å²) in [5.74, 6) is 2.47. The third-order valence-electron chi connectivity index (χ3n) is 8.81. The molecule has 31 heavy (non-hydrogen) atoms. The Bertz CT molecular complexity index is 652. The average Bonchev–Trinajstić information content (AvgIpc) is 3.05. The molecular formula is C31H54. The Hall–Kier alpha value is -0.780. The van der Waals surface area contributed by atoms with Crippen molar-refractivity contribution in [3.05, 3.63) is 34.9 Å². The van der Waals surface area contributed by atoms with Gasteiger partial charge in [-0.3, -0.25) is 0 Å². The predicted molar refractivity (Wildman–Crippen MR) is 140 cm³/mol. The Balaban J connectivity index is 0.00000166. The van der Waals surface area contributed by atoms with Crippen LogP contribution in [0.1, 0.15) is 132 Å². The quantitative estimate of drug-likeness (QED) is 0.383. The Morgan fingerprint density at radius 1 is 1.06 bits per heavy atom. The van der Waals surface area contributed by atoms with Gasteiger partial charge in [0, 0.05) is 0 Å². The van der Waals surface area contributed by atoms with Crippen LogP contribution >= 0.6 is 0 Å². The highest BCUT2D eigenvalue weighted by Gasteiger charge is 2.48. The molecule has 0 spiro atoms. The number of hydrogen-bond donors (Lipinski definition) is 0. The van der Waals surface area contributed by atoms with Crippen LogP contribution in [-0.2, 0) is 0 Å². The summed E-state index contributed by atoms with van der Waals surface area (Å²) in [7, 11) is 0. The van der Waals surface area contributed by atoms with Gasteiger partial charge in [-0.25, -0.2) is 0 Å². The maximum atomic E-state index is 4.45. The van der Waals surface area contributed by atoms with Crippen LogP contribution in [0.4, 0.5) is 0 Å². The van der Waals surface area contributed by atoms with Gasteiger partial charge in [-0.05, 0) is 116 Å². The number of unbranched alkanes of at least 4 members (excludes halogenated alkanes) is 1. The molecular weight excluding hydrogens is 372 g/mol. The van der Waals surface area contributed by atoms with Crippen molar-refractivity contribution in [3.63, 3.8) is 0 Å². The zero-order valence-electron chi connectivity index (χ0n) is 22.5. The van der Waals surface area contributed by atoms with Crippen LogP contribution in [0.25, 0.3) is 0 Å². The van der Waals surface area contributed by atoms with Crippen LogP contribution in [0.2, 0.25) is 0 Å². The van der Waals surface area contributed by atoms with Gasteiger partial charge in [0.2, 0.25) is 0 Å². The molecule has 0 aliphatic heterocycles. The summed E-state index contributed by atoms with van der Waals surface area (Å²) in [6.07, 6.45) is 19.3. The summed E-state index contributed by atoms with van der Waals surface area (Å²) in [5, 5.41) is 0. The van der Waals surface area contributed by atoms with Crippen LogP contribution in [-0.4, -0.2) is 0 Å².